The van der Waals surface area contributed by atoms with Crippen LogP contribution in [0.5, 0.6) is 5.75 Å². The van der Waals surface area contributed by atoms with Gasteiger partial charge in [-0.15, -0.1) is 0 Å². The largest absolute Gasteiger partial charge is 0.497 e. The zero-order chi connectivity index (χ0) is 20.9. The summed E-state index contributed by atoms with van der Waals surface area (Å²) in [6, 6.07) is 14.9. The maximum Gasteiger partial charge on any atom is 0.119 e. The molecular formula is C26H33ClN2O. The van der Waals surface area contributed by atoms with Crippen LogP contribution in [0, 0.1) is 17.3 Å². The molecule has 2 aromatic rings. The number of piperidine rings is 2. The van der Waals surface area contributed by atoms with Crippen LogP contribution in [0.25, 0.3) is 0 Å². The zero-order valence-corrected chi connectivity index (χ0v) is 19.1. The summed E-state index contributed by atoms with van der Waals surface area (Å²) in [4.78, 5) is 0. The maximum atomic E-state index is 6.15. The highest BCUT2D eigenvalue weighted by Crippen LogP contribution is 2.64. The molecule has 2 aromatic carbocycles. The van der Waals surface area contributed by atoms with Crippen molar-refractivity contribution < 1.29 is 4.74 Å². The fourth-order valence-electron chi connectivity index (χ4n) is 6.94. The van der Waals surface area contributed by atoms with Crippen LogP contribution in [0.3, 0.4) is 0 Å². The number of hydrogen-bond acceptors (Lipinski definition) is 3. The number of nitrogens with one attached hydrogen (secondary N) is 1. The van der Waals surface area contributed by atoms with Crippen LogP contribution in [0.1, 0.15) is 57.1 Å². The van der Waals surface area contributed by atoms with Crippen LogP contribution in [0.4, 0.5) is 5.69 Å². The molecule has 6 rings (SSSR count). The van der Waals surface area contributed by atoms with Crippen molar-refractivity contribution in [3.8, 4) is 5.75 Å². The second-order valence-corrected chi connectivity index (χ2v) is 10.3. The van der Waals surface area contributed by atoms with Crippen molar-refractivity contribution in [1.29, 1.82) is 0 Å². The molecule has 0 amide bonds. The number of rotatable bonds is 5. The minimum Gasteiger partial charge on any atom is -0.497 e. The normalized spacial score (nSPS) is 32.4. The van der Waals surface area contributed by atoms with Gasteiger partial charge in [-0.1, -0.05) is 37.9 Å². The quantitative estimate of drug-likeness (QED) is 0.580. The van der Waals surface area contributed by atoms with Crippen LogP contribution in [0.2, 0.25) is 5.02 Å². The zero-order valence-electron chi connectivity index (χ0n) is 18.4. The number of fused-ring (bicyclic) bond motifs is 3. The standard InChI is InChI=1S/C26H33ClN2O/c1-4-5-23-24-12-6-18-16-21(30-3)11-13-22(18)26(24)15-14-25(23,2)17-29(26)28-20-9-7-19(27)8-10-20/h7-11,13,16,23-24,28H,4-6,12,14-15,17H2,1-3H3/t23-,24-,25+,26-/m0/s1. The first-order valence-corrected chi connectivity index (χ1v) is 11.9. The number of nitrogens with zero attached hydrogens (tertiary/aromatic N) is 1. The third kappa shape index (κ3) is 2.97. The van der Waals surface area contributed by atoms with Gasteiger partial charge in [-0.05, 0) is 96.9 Å². The molecule has 3 nitrogen and oxygen atoms in total. The summed E-state index contributed by atoms with van der Waals surface area (Å²) in [6.07, 6.45) is 7.55. The first kappa shape index (κ1) is 20.2. The van der Waals surface area contributed by atoms with E-state index in [1.165, 1.54) is 43.2 Å². The summed E-state index contributed by atoms with van der Waals surface area (Å²) in [6.45, 7) is 5.97. The Bertz CT molecular complexity index is 929. The Morgan fingerprint density at radius 3 is 2.70 bits per heavy atom. The third-order valence-corrected chi connectivity index (χ3v) is 8.54. The van der Waals surface area contributed by atoms with Gasteiger partial charge in [0.25, 0.3) is 0 Å². The van der Waals surface area contributed by atoms with E-state index >= 15 is 0 Å². The van der Waals surface area contributed by atoms with Gasteiger partial charge in [0.1, 0.15) is 5.75 Å². The molecule has 160 valence electrons. The molecule has 0 aromatic heterocycles. The second kappa shape index (κ2) is 7.46. The summed E-state index contributed by atoms with van der Waals surface area (Å²) in [5.74, 6) is 2.45. The Labute approximate surface area is 185 Å². The van der Waals surface area contributed by atoms with Crippen molar-refractivity contribution in [1.82, 2.24) is 5.01 Å². The van der Waals surface area contributed by atoms with Gasteiger partial charge in [0, 0.05) is 17.3 Å². The molecule has 2 aliphatic heterocycles. The van der Waals surface area contributed by atoms with E-state index in [1.54, 1.807) is 7.11 Å². The predicted molar refractivity (Wildman–Crippen MR) is 124 cm³/mol. The minimum atomic E-state index is 0.0527. The van der Waals surface area contributed by atoms with Crippen LogP contribution in [-0.4, -0.2) is 18.7 Å². The number of hydrazine groups is 1. The fraction of sp³-hybridized carbons (Fsp3) is 0.538. The lowest BCUT2D eigenvalue weighted by Crippen LogP contribution is -2.70. The smallest absolute Gasteiger partial charge is 0.119 e. The lowest BCUT2D eigenvalue weighted by atomic mass is 9.47. The first-order valence-electron chi connectivity index (χ1n) is 11.5. The monoisotopic (exact) mass is 424 g/mol. The molecule has 4 atom stereocenters. The number of aryl methyl sites for hydroxylation is 1. The van der Waals surface area contributed by atoms with E-state index in [2.05, 4.69) is 54.6 Å². The SMILES string of the molecule is CCC[C@H]1[C@@H]2CCc3cc(OC)ccc3[C@@]23CC[C@]1(C)CN3Nc1ccc(Cl)cc1. The molecule has 3 fully saturated rings. The average molecular weight is 425 g/mol. The van der Waals surface area contributed by atoms with Gasteiger partial charge in [-0.2, -0.15) is 0 Å². The number of methoxy groups -OCH3 is 1. The molecule has 2 bridgehead atoms. The van der Waals surface area contributed by atoms with E-state index < -0.39 is 0 Å². The van der Waals surface area contributed by atoms with E-state index in [9.17, 15) is 0 Å². The van der Waals surface area contributed by atoms with Gasteiger partial charge >= 0.3 is 0 Å². The molecule has 4 heteroatoms. The summed E-state index contributed by atoms with van der Waals surface area (Å²) in [5, 5.41) is 3.38. The molecule has 0 unspecified atom stereocenters. The van der Waals surface area contributed by atoms with Crippen molar-refractivity contribution in [2.75, 3.05) is 19.1 Å². The van der Waals surface area contributed by atoms with Gasteiger partial charge in [0.2, 0.25) is 0 Å². The number of anilines is 1. The molecular weight excluding hydrogens is 392 g/mol. The lowest BCUT2D eigenvalue weighted by Gasteiger charge is -2.68. The van der Waals surface area contributed by atoms with E-state index in [1.807, 2.05) is 12.1 Å². The Hall–Kier alpha value is -1.71. The fourth-order valence-corrected chi connectivity index (χ4v) is 7.06. The Morgan fingerprint density at radius 1 is 1.17 bits per heavy atom. The van der Waals surface area contributed by atoms with E-state index in [0.717, 1.165) is 35.3 Å². The molecule has 1 spiro atoms. The van der Waals surface area contributed by atoms with Crippen molar-refractivity contribution in [3.63, 3.8) is 0 Å². The maximum absolute atomic E-state index is 6.15. The van der Waals surface area contributed by atoms with Crippen molar-refractivity contribution in [3.05, 3.63) is 58.6 Å². The lowest BCUT2D eigenvalue weighted by molar-refractivity contribution is -0.167. The van der Waals surface area contributed by atoms with E-state index in [-0.39, 0.29) is 5.54 Å². The van der Waals surface area contributed by atoms with Crippen LogP contribution in [-0.2, 0) is 12.0 Å². The Kier molecular flexibility index (Phi) is 5.02. The summed E-state index contributed by atoms with van der Waals surface area (Å²) in [7, 11) is 1.77. The molecule has 30 heavy (non-hydrogen) atoms. The molecule has 0 radical (unpaired) electrons. The molecule has 1 saturated carbocycles. The van der Waals surface area contributed by atoms with Crippen molar-refractivity contribution >= 4 is 17.3 Å². The first-order chi connectivity index (χ1) is 14.5. The number of benzene rings is 2. The van der Waals surface area contributed by atoms with Crippen LogP contribution in [0.15, 0.2) is 42.5 Å². The Morgan fingerprint density at radius 2 is 1.97 bits per heavy atom. The molecule has 4 aliphatic rings. The molecule has 2 aliphatic carbocycles. The van der Waals surface area contributed by atoms with Gasteiger partial charge < -0.3 is 10.2 Å². The van der Waals surface area contributed by atoms with E-state index in [4.69, 9.17) is 16.3 Å². The van der Waals surface area contributed by atoms with Gasteiger partial charge in [0.05, 0.1) is 12.6 Å². The summed E-state index contributed by atoms with van der Waals surface area (Å²) in [5.41, 5.74) is 8.36. The number of ether oxygens (including phenoxy) is 1. The topological polar surface area (TPSA) is 24.5 Å². The van der Waals surface area contributed by atoms with Crippen LogP contribution < -0.4 is 10.2 Å². The second-order valence-electron chi connectivity index (χ2n) is 9.85. The summed E-state index contributed by atoms with van der Waals surface area (Å²) >= 11 is 6.15. The van der Waals surface area contributed by atoms with E-state index in [0.29, 0.717) is 11.3 Å². The molecule has 1 N–H and O–H groups in total. The highest BCUT2D eigenvalue weighted by Gasteiger charge is 2.63. The molecule has 2 heterocycles. The van der Waals surface area contributed by atoms with Crippen LogP contribution >= 0.6 is 11.6 Å². The van der Waals surface area contributed by atoms with Gasteiger partial charge in [-0.25, -0.2) is 5.01 Å². The average Bonchev–Trinajstić information content (AvgIpc) is 2.76. The number of hydrogen-bond donors (Lipinski definition) is 1. The van der Waals surface area contributed by atoms with Crippen molar-refractivity contribution in [2.45, 2.75) is 57.9 Å². The molecule has 2 saturated heterocycles. The minimum absolute atomic E-state index is 0.0527. The number of halogens is 1. The Balaban J connectivity index is 1.61. The summed E-state index contributed by atoms with van der Waals surface area (Å²) < 4.78 is 5.56. The highest BCUT2D eigenvalue weighted by atomic mass is 35.5. The van der Waals surface area contributed by atoms with Crippen molar-refractivity contribution in [2.24, 2.45) is 17.3 Å². The highest BCUT2D eigenvalue weighted by molar-refractivity contribution is 6.30. The van der Waals surface area contributed by atoms with Gasteiger partial charge in [0.15, 0.2) is 0 Å². The predicted octanol–water partition coefficient (Wildman–Crippen LogP) is 6.67. The van der Waals surface area contributed by atoms with Gasteiger partial charge in [-0.3, -0.25) is 0 Å². The third-order valence-electron chi connectivity index (χ3n) is 8.28.